The van der Waals surface area contributed by atoms with Crippen molar-refractivity contribution in [2.24, 2.45) is 0 Å². The molecule has 6 nitrogen and oxygen atoms in total. The van der Waals surface area contributed by atoms with Crippen molar-refractivity contribution < 1.29 is 9.90 Å². The molecular weight excluding hydrogens is 328 g/mol. The highest BCUT2D eigenvalue weighted by molar-refractivity contribution is 5.93. The molecule has 0 atom stereocenters. The third-order valence-corrected chi connectivity index (χ3v) is 4.45. The zero-order chi connectivity index (χ0) is 17.9. The first-order chi connectivity index (χ1) is 12.7. The normalized spacial score (nSPS) is 14.4. The fourth-order valence-electron chi connectivity index (χ4n) is 3.05. The van der Waals surface area contributed by atoms with Crippen molar-refractivity contribution in [2.45, 2.75) is 12.8 Å². The molecule has 0 saturated carbocycles. The van der Waals surface area contributed by atoms with E-state index in [2.05, 4.69) is 19.9 Å². The molecule has 0 amide bonds. The molecule has 1 saturated heterocycles. The number of benzene rings is 1. The maximum Gasteiger partial charge on any atom is 0.335 e. The predicted molar refractivity (Wildman–Crippen MR) is 101 cm³/mol. The Balaban J connectivity index is 1.52. The Kier molecular flexibility index (Phi) is 4.31. The van der Waals surface area contributed by atoms with Crippen LogP contribution in [0.25, 0.3) is 23.1 Å². The summed E-state index contributed by atoms with van der Waals surface area (Å²) in [5, 5.41) is 9.86. The number of pyridine rings is 1. The number of hydrogen-bond donors (Lipinski definition) is 1. The lowest BCUT2D eigenvalue weighted by atomic mass is 10.1. The number of hydrogen-bond acceptors (Lipinski definition) is 5. The van der Waals surface area contributed by atoms with Gasteiger partial charge in [-0.3, -0.25) is 0 Å². The minimum absolute atomic E-state index is 0.262. The van der Waals surface area contributed by atoms with E-state index in [0.29, 0.717) is 0 Å². The molecule has 0 unspecified atom stereocenters. The van der Waals surface area contributed by atoms with Gasteiger partial charge in [-0.15, -0.1) is 0 Å². The second kappa shape index (κ2) is 6.92. The maximum atomic E-state index is 11.0. The molecule has 1 N–H and O–H groups in total. The Labute approximate surface area is 150 Å². The fourth-order valence-corrected chi connectivity index (χ4v) is 3.05. The summed E-state index contributed by atoms with van der Waals surface area (Å²) in [4.78, 5) is 26.6. The summed E-state index contributed by atoms with van der Waals surface area (Å²) in [6.45, 7) is 2.06. The summed E-state index contributed by atoms with van der Waals surface area (Å²) in [6.07, 6.45) is 9.86. The van der Waals surface area contributed by atoms with Crippen LogP contribution >= 0.6 is 0 Å². The third-order valence-electron chi connectivity index (χ3n) is 4.45. The average molecular weight is 346 g/mol. The molecule has 1 aromatic carbocycles. The van der Waals surface area contributed by atoms with Crippen molar-refractivity contribution in [1.29, 1.82) is 0 Å². The second-order valence-electron chi connectivity index (χ2n) is 6.29. The molecule has 0 spiro atoms. The lowest BCUT2D eigenvalue weighted by Crippen LogP contribution is -2.20. The summed E-state index contributed by atoms with van der Waals surface area (Å²) in [5.74, 6) is -0.147. The van der Waals surface area contributed by atoms with Gasteiger partial charge < -0.3 is 10.0 Å². The highest BCUT2D eigenvalue weighted by atomic mass is 16.4. The van der Waals surface area contributed by atoms with Gasteiger partial charge in [-0.2, -0.15) is 0 Å². The topological polar surface area (TPSA) is 79.2 Å². The number of fused-ring (bicyclic) bond motifs is 1. The van der Waals surface area contributed by atoms with Crippen LogP contribution in [0.1, 0.15) is 34.5 Å². The average Bonchev–Trinajstić information content (AvgIpc) is 3.21. The van der Waals surface area contributed by atoms with Gasteiger partial charge in [-0.05, 0) is 49.3 Å². The summed E-state index contributed by atoms with van der Waals surface area (Å²) in [6, 6.07) is 8.66. The molecule has 1 aliphatic heterocycles. The van der Waals surface area contributed by atoms with Crippen LogP contribution < -0.4 is 4.90 Å². The Morgan fingerprint density at radius 1 is 1.04 bits per heavy atom. The number of aromatic nitrogens is 3. The minimum atomic E-state index is -0.937. The van der Waals surface area contributed by atoms with Gasteiger partial charge in [0, 0.05) is 36.4 Å². The number of carbonyl (C=O) groups is 1. The van der Waals surface area contributed by atoms with Crippen LogP contribution in [-0.2, 0) is 0 Å². The standard InChI is InChI=1S/C20H18N4O2/c25-19(26)16-5-8-18-15(11-16)4-7-17(23-18)6-3-14-12-21-20(22-13-14)24-9-1-2-10-24/h3-8,11-13H,1-2,9-10H2,(H,25,26). The van der Waals surface area contributed by atoms with Crippen LogP contribution in [-0.4, -0.2) is 39.1 Å². The Morgan fingerprint density at radius 2 is 1.81 bits per heavy atom. The molecule has 2 aromatic heterocycles. The van der Waals surface area contributed by atoms with Crippen molar-refractivity contribution in [3.05, 3.63) is 59.5 Å². The Bertz CT molecular complexity index is 977. The third kappa shape index (κ3) is 3.39. The fraction of sp³-hybridized carbons (Fsp3) is 0.200. The van der Waals surface area contributed by atoms with Crippen LogP contribution in [0.2, 0.25) is 0 Å². The Hall–Kier alpha value is -3.28. The van der Waals surface area contributed by atoms with Gasteiger partial charge in [-0.1, -0.05) is 6.07 Å². The Morgan fingerprint density at radius 3 is 2.54 bits per heavy atom. The molecule has 1 aliphatic rings. The molecule has 0 radical (unpaired) electrons. The van der Waals surface area contributed by atoms with E-state index < -0.39 is 5.97 Å². The van der Waals surface area contributed by atoms with Gasteiger partial charge in [0.15, 0.2) is 0 Å². The number of nitrogens with zero attached hydrogens (tertiary/aromatic N) is 4. The number of anilines is 1. The lowest BCUT2D eigenvalue weighted by molar-refractivity contribution is 0.0697. The highest BCUT2D eigenvalue weighted by Gasteiger charge is 2.14. The van der Waals surface area contributed by atoms with Gasteiger partial charge in [0.25, 0.3) is 0 Å². The zero-order valence-electron chi connectivity index (χ0n) is 14.2. The molecule has 3 aromatic rings. The van der Waals surface area contributed by atoms with Gasteiger partial charge in [-0.25, -0.2) is 19.7 Å². The molecule has 6 heteroatoms. The first kappa shape index (κ1) is 16.2. The smallest absolute Gasteiger partial charge is 0.335 e. The van der Waals surface area contributed by atoms with Crippen LogP contribution in [0.5, 0.6) is 0 Å². The van der Waals surface area contributed by atoms with E-state index in [9.17, 15) is 4.79 Å². The van der Waals surface area contributed by atoms with Crippen molar-refractivity contribution in [3.8, 4) is 0 Å². The van der Waals surface area contributed by atoms with Gasteiger partial charge >= 0.3 is 5.97 Å². The van der Waals surface area contributed by atoms with Crippen LogP contribution in [0.4, 0.5) is 5.95 Å². The number of rotatable bonds is 4. The predicted octanol–water partition coefficient (Wildman–Crippen LogP) is 3.49. The van der Waals surface area contributed by atoms with E-state index in [1.807, 2.05) is 36.7 Å². The number of aromatic carboxylic acids is 1. The number of carboxylic acid groups (broad SMARTS) is 1. The summed E-state index contributed by atoms with van der Waals surface area (Å²) < 4.78 is 0. The second-order valence-corrected chi connectivity index (χ2v) is 6.29. The zero-order valence-corrected chi connectivity index (χ0v) is 14.2. The molecule has 0 bridgehead atoms. The lowest BCUT2D eigenvalue weighted by Gasteiger charge is -2.14. The molecule has 3 heterocycles. The van der Waals surface area contributed by atoms with E-state index in [-0.39, 0.29) is 5.56 Å². The van der Waals surface area contributed by atoms with E-state index in [1.54, 1.807) is 18.2 Å². The first-order valence-corrected chi connectivity index (χ1v) is 8.58. The van der Waals surface area contributed by atoms with Crippen molar-refractivity contribution in [2.75, 3.05) is 18.0 Å². The quantitative estimate of drug-likeness (QED) is 0.779. The minimum Gasteiger partial charge on any atom is -0.478 e. The monoisotopic (exact) mass is 346 g/mol. The van der Waals surface area contributed by atoms with E-state index in [0.717, 1.165) is 41.2 Å². The molecule has 4 rings (SSSR count). The van der Waals surface area contributed by atoms with Gasteiger partial charge in [0.1, 0.15) is 0 Å². The van der Waals surface area contributed by atoms with Crippen molar-refractivity contribution in [3.63, 3.8) is 0 Å². The molecule has 1 fully saturated rings. The first-order valence-electron chi connectivity index (χ1n) is 8.58. The van der Waals surface area contributed by atoms with E-state index >= 15 is 0 Å². The summed E-state index contributed by atoms with van der Waals surface area (Å²) in [5.41, 5.74) is 2.73. The molecule has 0 aliphatic carbocycles. The van der Waals surface area contributed by atoms with Crippen LogP contribution in [0.15, 0.2) is 42.7 Å². The largest absolute Gasteiger partial charge is 0.478 e. The summed E-state index contributed by atoms with van der Waals surface area (Å²) >= 11 is 0. The molecular formula is C20H18N4O2. The molecule has 26 heavy (non-hydrogen) atoms. The van der Waals surface area contributed by atoms with Crippen molar-refractivity contribution >= 4 is 35.0 Å². The summed E-state index contributed by atoms with van der Waals surface area (Å²) in [7, 11) is 0. The van der Waals surface area contributed by atoms with E-state index in [4.69, 9.17) is 5.11 Å². The number of carboxylic acids is 1. The van der Waals surface area contributed by atoms with Crippen LogP contribution in [0, 0.1) is 0 Å². The maximum absolute atomic E-state index is 11.0. The van der Waals surface area contributed by atoms with Gasteiger partial charge in [0.2, 0.25) is 5.95 Å². The van der Waals surface area contributed by atoms with Crippen molar-refractivity contribution in [1.82, 2.24) is 15.0 Å². The SMILES string of the molecule is O=C(O)c1ccc2nc(C=Cc3cnc(N4CCCC4)nc3)ccc2c1. The van der Waals surface area contributed by atoms with E-state index in [1.165, 1.54) is 12.8 Å². The van der Waals surface area contributed by atoms with Gasteiger partial charge in [0.05, 0.1) is 16.8 Å². The highest BCUT2D eigenvalue weighted by Crippen LogP contribution is 2.17. The molecule has 130 valence electrons. The van der Waals surface area contributed by atoms with Crippen LogP contribution in [0.3, 0.4) is 0 Å².